The normalized spacial score (nSPS) is 13.2. The highest BCUT2D eigenvalue weighted by Gasteiger charge is 2.32. The van der Waals surface area contributed by atoms with Crippen molar-refractivity contribution in [1.82, 2.24) is 0 Å². The van der Waals surface area contributed by atoms with E-state index in [0.717, 1.165) is 11.1 Å². The van der Waals surface area contributed by atoms with Gasteiger partial charge >= 0.3 is 6.18 Å². The quantitative estimate of drug-likeness (QED) is 0.642. The van der Waals surface area contributed by atoms with Gasteiger partial charge in [-0.15, -0.1) is 0 Å². The van der Waals surface area contributed by atoms with Crippen LogP contribution < -0.4 is 0 Å². The van der Waals surface area contributed by atoms with Crippen LogP contribution in [0.3, 0.4) is 0 Å². The maximum Gasteiger partial charge on any atom is 0.416 e. The van der Waals surface area contributed by atoms with Gasteiger partial charge in [0.25, 0.3) is 0 Å². The predicted octanol–water partition coefficient (Wildman–Crippen LogP) is 5.13. The fraction of sp³-hybridized carbons (Fsp3) is 0.571. The molecule has 0 aliphatic rings. The van der Waals surface area contributed by atoms with Crippen molar-refractivity contribution in [2.24, 2.45) is 0 Å². The van der Waals surface area contributed by atoms with Gasteiger partial charge in [0.2, 0.25) is 0 Å². The summed E-state index contributed by atoms with van der Waals surface area (Å²) < 4.78 is 38.1. The standard InChI is InChI=1S/C14H19F3/c1-9(2)11-7-6-10(14(15,16)17)8-12(11)13(3,4)5/h6-9H,1-5H3. The van der Waals surface area contributed by atoms with Crippen molar-refractivity contribution in [1.29, 1.82) is 0 Å². The Hall–Kier alpha value is -0.990. The third-order valence-electron chi connectivity index (χ3n) is 2.81. The van der Waals surface area contributed by atoms with E-state index >= 15 is 0 Å². The Morgan fingerprint density at radius 1 is 1.00 bits per heavy atom. The minimum atomic E-state index is -4.27. The molecule has 1 aromatic carbocycles. The third-order valence-corrected chi connectivity index (χ3v) is 2.81. The second kappa shape index (κ2) is 4.35. The monoisotopic (exact) mass is 244 g/mol. The van der Waals surface area contributed by atoms with E-state index in [1.807, 2.05) is 34.6 Å². The van der Waals surface area contributed by atoms with Crippen LogP contribution in [0, 0.1) is 0 Å². The van der Waals surface area contributed by atoms with Crippen LogP contribution >= 0.6 is 0 Å². The van der Waals surface area contributed by atoms with Crippen LogP contribution in [-0.4, -0.2) is 0 Å². The first-order chi connectivity index (χ1) is 7.53. The Labute approximate surface area is 101 Å². The van der Waals surface area contributed by atoms with E-state index < -0.39 is 11.7 Å². The molecule has 0 radical (unpaired) electrons. The summed E-state index contributed by atoms with van der Waals surface area (Å²) in [5.41, 5.74) is 0.931. The summed E-state index contributed by atoms with van der Waals surface area (Å²) in [6, 6.07) is 4.06. The number of hydrogen-bond acceptors (Lipinski definition) is 0. The molecule has 3 heteroatoms. The molecule has 0 saturated heterocycles. The zero-order valence-electron chi connectivity index (χ0n) is 10.9. The highest BCUT2D eigenvalue weighted by atomic mass is 19.4. The smallest absolute Gasteiger partial charge is 0.166 e. The Morgan fingerprint density at radius 2 is 1.53 bits per heavy atom. The topological polar surface area (TPSA) is 0 Å². The van der Waals surface area contributed by atoms with Crippen molar-refractivity contribution in [2.75, 3.05) is 0 Å². The van der Waals surface area contributed by atoms with Gasteiger partial charge in [-0.1, -0.05) is 40.7 Å². The zero-order chi connectivity index (χ0) is 13.4. The van der Waals surface area contributed by atoms with E-state index in [2.05, 4.69) is 0 Å². The van der Waals surface area contributed by atoms with Crippen LogP contribution in [-0.2, 0) is 11.6 Å². The number of benzene rings is 1. The molecule has 0 heterocycles. The van der Waals surface area contributed by atoms with Crippen LogP contribution in [0.25, 0.3) is 0 Å². The van der Waals surface area contributed by atoms with E-state index in [1.54, 1.807) is 6.07 Å². The average molecular weight is 244 g/mol. The molecule has 96 valence electrons. The van der Waals surface area contributed by atoms with Gasteiger partial charge in [-0.3, -0.25) is 0 Å². The van der Waals surface area contributed by atoms with E-state index in [0.29, 0.717) is 0 Å². The minimum absolute atomic E-state index is 0.228. The maximum atomic E-state index is 12.7. The van der Waals surface area contributed by atoms with Crippen molar-refractivity contribution < 1.29 is 13.2 Å². The molecule has 0 amide bonds. The van der Waals surface area contributed by atoms with E-state index in [-0.39, 0.29) is 11.3 Å². The second-order valence-corrected chi connectivity index (χ2v) is 5.70. The Balaban J connectivity index is 3.41. The molecule has 0 atom stereocenters. The van der Waals surface area contributed by atoms with Crippen molar-refractivity contribution in [2.45, 2.75) is 52.1 Å². The molecule has 1 aromatic rings. The first-order valence-electron chi connectivity index (χ1n) is 5.75. The lowest BCUT2D eigenvalue weighted by atomic mass is 9.80. The number of hydrogen-bond donors (Lipinski definition) is 0. The lowest BCUT2D eigenvalue weighted by Gasteiger charge is -2.26. The summed E-state index contributed by atoms with van der Waals surface area (Å²) in [4.78, 5) is 0. The SMILES string of the molecule is CC(C)c1ccc(C(F)(F)F)cc1C(C)(C)C. The van der Waals surface area contributed by atoms with Crippen LogP contribution in [0.4, 0.5) is 13.2 Å². The van der Waals surface area contributed by atoms with Crippen molar-refractivity contribution >= 4 is 0 Å². The fourth-order valence-corrected chi connectivity index (χ4v) is 1.89. The van der Waals surface area contributed by atoms with Gasteiger partial charge in [0, 0.05) is 0 Å². The summed E-state index contributed by atoms with van der Waals surface area (Å²) >= 11 is 0. The third kappa shape index (κ3) is 3.24. The van der Waals surface area contributed by atoms with Crippen LogP contribution in [0.15, 0.2) is 18.2 Å². The summed E-state index contributed by atoms with van der Waals surface area (Å²) in [5.74, 6) is 0.228. The Morgan fingerprint density at radius 3 is 1.88 bits per heavy atom. The average Bonchev–Trinajstić information content (AvgIpc) is 2.14. The number of halogens is 3. The van der Waals surface area contributed by atoms with Gasteiger partial charge in [0.1, 0.15) is 0 Å². The molecule has 0 unspecified atom stereocenters. The van der Waals surface area contributed by atoms with Crippen LogP contribution in [0.5, 0.6) is 0 Å². The molecule has 0 fully saturated rings. The van der Waals surface area contributed by atoms with Crippen LogP contribution in [0.1, 0.15) is 57.2 Å². The van der Waals surface area contributed by atoms with Gasteiger partial charge in [-0.05, 0) is 34.6 Å². The van der Waals surface area contributed by atoms with E-state index in [4.69, 9.17) is 0 Å². The Kier molecular flexibility index (Phi) is 3.60. The first kappa shape index (κ1) is 14.1. The highest BCUT2D eigenvalue weighted by Crippen LogP contribution is 2.36. The van der Waals surface area contributed by atoms with Gasteiger partial charge < -0.3 is 0 Å². The molecule has 0 aromatic heterocycles. The van der Waals surface area contributed by atoms with Crippen molar-refractivity contribution in [3.63, 3.8) is 0 Å². The summed E-state index contributed by atoms with van der Waals surface area (Å²) in [6.07, 6.45) is -4.27. The fourth-order valence-electron chi connectivity index (χ4n) is 1.89. The van der Waals surface area contributed by atoms with Crippen LogP contribution in [0.2, 0.25) is 0 Å². The molecule has 17 heavy (non-hydrogen) atoms. The molecule has 0 aliphatic heterocycles. The molecule has 0 saturated carbocycles. The zero-order valence-corrected chi connectivity index (χ0v) is 10.9. The molecule has 0 N–H and O–H groups in total. The summed E-state index contributed by atoms with van der Waals surface area (Å²) in [6.45, 7) is 9.81. The van der Waals surface area contributed by atoms with E-state index in [9.17, 15) is 13.2 Å². The first-order valence-corrected chi connectivity index (χ1v) is 5.75. The number of rotatable bonds is 1. The lowest BCUT2D eigenvalue weighted by molar-refractivity contribution is -0.137. The molecule has 0 nitrogen and oxygen atoms in total. The largest absolute Gasteiger partial charge is 0.416 e. The lowest BCUT2D eigenvalue weighted by Crippen LogP contribution is -2.17. The van der Waals surface area contributed by atoms with Crippen molar-refractivity contribution in [3.05, 3.63) is 34.9 Å². The highest BCUT2D eigenvalue weighted by molar-refractivity contribution is 5.39. The van der Waals surface area contributed by atoms with Gasteiger partial charge in [-0.25, -0.2) is 0 Å². The number of alkyl halides is 3. The summed E-state index contributed by atoms with van der Waals surface area (Å²) in [7, 11) is 0. The molecule has 0 aliphatic carbocycles. The van der Waals surface area contributed by atoms with E-state index in [1.165, 1.54) is 12.1 Å². The van der Waals surface area contributed by atoms with Gasteiger partial charge in [0.05, 0.1) is 5.56 Å². The second-order valence-electron chi connectivity index (χ2n) is 5.70. The molecule has 0 bridgehead atoms. The molecule has 0 spiro atoms. The maximum absolute atomic E-state index is 12.7. The Bertz CT molecular complexity index is 395. The molecular formula is C14H19F3. The van der Waals surface area contributed by atoms with Crippen molar-refractivity contribution in [3.8, 4) is 0 Å². The minimum Gasteiger partial charge on any atom is -0.166 e. The van der Waals surface area contributed by atoms with Gasteiger partial charge in [0.15, 0.2) is 0 Å². The molecular weight excluding hydrogens is 225 g/mol. The summed E-state index contributed by atoms with van der Waals surface area (Å²) in [5, 5.41) is 0. The molecule has 1 rings (SSSR count). The van der Waals surface area contributed by atoms with Gasteiger partial charge in [-0.2, -0.15) is 13.2 Å². The predicted molar refractivity (Wildman–Crippen MR) is 64.2 cm³/mol.